The second-order valence-corrected chi connectivity index (χ2v) is 5.60. The molecule has 20 heavy (non-hydrogen) atoms. The Balaban J connectivity index is 2.48. The average molecular weight is 382 g/mol. The minimum atomic E-state index is -0.0707. The summed E-state index contributed by atoms with van der Waals surface area (Å²) in [7, 11) is 3.16. The van der Waals surface area contributed by atoms with Crippen LogP contribution in [0.25, 0.3) is 0 Å². The Morgan fingerprint density at radius 1 is 1.00 bits per heavy atom. The molecule has 2 aromatic rings. The van der Waals surface area contributed by atoms with E-state index in [0.717, 1.165) is 9.13 Å². The van der Waals surface area contributed by atoms with Crippen LogP contribution < -0.4 is 9.47 Å². The Bertz CT molecular complexity index is 650. The maximum Gasteiger partial charge on any atom is 0.196 e. The van der Waals surface area contributed by atoms with Gasteiger partial charge in [0.1, 0.15) is 11.5 Å². The summed E-state index contributed by atoms with van der Waals surface area (Å²) in [6, 6.07) is 11.0. The SMILES string of the molecule is COc1cc(C(=O)c2cc(I)ccc2OC)ccc1C. The minimum Gasteiger partial charge on any atom is -0.496 e. The van der Waals surface area contributed by atoms with Crippen LogP contribution in [0.3, 0.4) is 0 Å². The summed E-state index contributed by atoms with van der Waals surface area (Å²) < 4.78 is 11.5. The number of benzene rings is 2. The molecule has 3 nitrogen and oxygen atoms in total. The van der Waals surface area contributed by atoms with E-state index in [1.54, 1.807) is 32.4 Å². The molecule has 4 heteroatoms. The lowest BCUT2D eigenvalue weighted by Gasteiger charge is -2.10. The van der Waals surface area contributed by atoms with Crippen molar-refractivity contribution >= 4 is 28.4 Å². The van der Waals surface area contributed by atoms with E-state index in [-0.39, 0.29) is 5.78 Å². The highest BCUT2D eigenvalue weighted by atomic mass is 127. The van der Waals surface area contributed by atoms with Crippen LogP contribution in [-0.2, 0) is 0 Å². The molecule has 0 aliphatic carbocycles. The molecule has 0 aliphatic heterocycles. The molecule has 0 heterocycles. The van der Waals surface area contributed by atoms with Crippen LogP contribution in [0.15, 0.2) is 36.4 Å². The molecule has 0 saturated carbocycles. The predicted octanol–water partition coefficient (Wildman–Crippen LogP) is 3.85. The molecule has 0 radical (unpaired) electrons. The van der Waals surface area contributed by atoms with Gasteiger partial charge in [-0.3, -0.25) is 4.79 Å². The van der Waals surface area contributed by atoms with Crippen molar-refractivity contribution in [2.24, 2.45) is 0 Å². The van der Waals surface area contributed by atoms with Gasteiger partial charge in [-0.15, -0.1) is 0 Å². The zero-order valence-electron chi connectivity index (χ0n) is 11.6. The van der Waals surface area contributed by atoms with Crippen molar-refractivity contribution in [2.45, 2.75) is 6.92 Å². The number of halogens is 1. The summed E-state index contributed by atoms with van der Waals surface area (Å²) >= 11 is 2.18. The largest absolute Gasteiger partial charge is 0.496 e. The molecule has 0 bridgehead atoms. The van der Waals surface area contributed by atoms with Crippen LogP contribution in [0.4, 0.5) is 0 Å². The van der Waals surface area contributed by atoms with Gasteiger partial charge in [0.05, 0.1) is 19.8 Å². The summed E-state index contributed by atoms with van der Waals surface area (Å²) in [5.74, 6) is 1.22. The number of rotatable bonds is 4. The molecule has 2 aromatic carbocycles. The van der Waals surface area contributed by atoms with E-state index >= 15 is 0 Å². The molecule has 2 rings (SSSR count). The van der Waals surface area contributed by atoms with Crippen molar-refractivity contribution in [3.8, 4) is 11.5 Å². The average Bonchev–Trinajstić information content (AvgIpc) is 2.47. The Morgan fingerprint density at radius 3 is 2.35 bits per heavy atom. The third kappa shape index (κ3) is 2.95. The summed E-state index contributed by atoms with van der Waals surface area (Å²) in [4.78, 5) is 12.6. The Kier molecular flexibility index (Phi) is 4.65. The second kappa shape index (κ2) is 6.26. The van der Waals surface area contributed by atoms with E-state index in [2.05, 4.69) is 22.6 Å². The molecule has 0 saturated heterocycles. The van der Waals surface area contributed by atoms with E-state index in [1.807, 2.05) is 25.1 Å². The summed E-state index contributed by atoms with van der Waals surface area (Å²) in [5.41, 5.74) is 2.15. The molecule has 0 atom stereocenters. The number of carbonyl (C=O) groups excluding carboxylic acids is 1. The third-order valence-electron chi connectivity index (χ3n) is 3.08. The lowest BCUT2D eigenvalue weighted by atomic mass is 10.0. The van der Waals surface area contributed by atoms with Gasteiger partial charge in [-0.05, 0) is 59.3 Å². The van der Waals surface area contributed by atoms with Gasteiger partial charge in [-0.2, -0.15) is 0 Å². The first-order valence-electron chi connectivity index (χ1n) is 6.09. The maximum absolute atomic E-state index is 12.6. The highest BCUT2D eigenvalue weighted by molar-refractivity contribution is 14.1. The molecular weight excluding hydrogens is 367 g/mol. The van der Waals surface area contributed by atoms with Crippen molar-refractivity contribution < 1.29 is 14.3 Å². The molecule has 0 aromatic heterocycles. The van der Waals surface area contributed by atoms with Crippen LogP contribution in [0.5, 0.6) is 11.5 Å². The summed E-state index contributed by atoms with van der Waals surface area (Å²) in [6.07, 6.45) is 0. The van der Waals surface area contributed by atoms with E-state index in [0.29, 0.717) is 22.6 Å². The number of hydrogen-bond donors (Lipinski definition) is 0. The fourth-order valence-electron chi connectivity index (χ4n) is 1.97. The first-order chi connectivity index (χ1) is 9.56. The normalized spacial score (nSPS) is 10.2. The molecule has 0 spiro atoms. The van der Waals surface area contributed by atoms with Crippen molar-refractivity contribution in [3.63, 3.8) is 0 Å². The van der Waals surface area contributed by atoms with Gasteiger partial charge in [0.15, 0.2) is 5.78 Å². The monoisotopic (exact) mass is 382 g/mol. The topological polar surface area (TPSA) is 35.5 Å². The zero-order chi connectivity index (χ0) is 14.7. The molecule has 0 N–H and O–H groups in total. The smallest absolute Gasteiger partial charge is 0.196 e. The molecule has 0 aliphatic rings. The predicted molar refractivity (Wildman–Crippen MR) is 86.9 cm³/mol. The number of aryl methyl sites for hydroxylation is 1. The van der Waals surface area contributed by atoms with Crippen LogP contribution in [-0.4, -0.2) is 20.0 Å². The van der Waals surface area contributed by atoms with E-state index < -0.39 is 0 Å². The van der Waals surface area contributed by atoms with E-state index in [9.17, 15) is 4.79 Å². The van der Waals surface area contributed by atoms with Crippen molar-refractivity contribution in [3.05, 3.63) is 56.7 Å². The number of carbonyl (C=O) groups is 1. The van der Waals surface area contributed by atoms with Crippen LogP contribution in [0.1, 0.15) is 21.5 Å². The van der Waals surface area contributed by atoms with Gasteiger partial charge in [-0.1, -0.05) is 12.1 Å². The van der Waals surface area contributed by atoms with Gasteiger partial charge in [-0.25, -0.2) is 0 Å². The lowest BCUT2D eigenvalue weighted by Crippen LogP contribution is -2.05. The van der Waals surface area contributed by atoms with Gasteiger partial charge < -0.3 is 9.47 Å². The first-order valence-corrected chi connectivity index (χ1v) is 7.17. The Labute approximate surface area is 132 Å². The Morgan fingerprint density at radius 2 is 1.70 bits per heavy atom. The Hall–Kier alpha value is -1.56. The van der Waals surface area contributed by atoms with E-state index in [1.165, 1.54) is 0 Å². The van der Waals surface area contributed by atoms with Crippen molar-refractivity contribution in [1.82, 2.24) is 0 Å². The standard InChI is InChI=1S/C16H15IO3/c1-10-4-5-11(8-15(10)20-3)16(18)13-9-12(17)6-7-14(13)19-2/h4-9H,1-3H3. The molecule has 0 fully saturated rings. The van der Waals surface area contributed by atoms with Crippen LogP contribution in [0, 0.1) is 10.5 Å². The fraction of sp³-hybridized carbons (Fsp3) is 0.188. The zero-order valence-corrected chi connectivity index (χ0v) is 13.7. The molecule has 0 amide bonds. The highest BCUT2D eigenvalue weighted by Crippen LogP contribution is 2.26. The highest BCUT2D eigenvalue weighted by Gasteiger charge is 2.16. The molecule has 0 unspecified atom stereocenters. The van der Waals surface area contributed by atoms with Crippen LogP contribution >= 0.6 is 22.6 Å². The number of ether oxygens (including phenoxy) is 2. The fourth-order valence-corrected chi connectivity index (χ4v) is 2.47. The van der Waals surface area contributed by atoms with Gasteiger partial charge in [0.25, 0.3) is 0 Å². The maximum atomic E-state index is 12.6. The molecular formula is C16H15IO3. The lowest BCUT2D eigenvalue weighted by molar-refractivity contribution is 0.103. The third-order valence-corrected chi connectivity index (χ3v) is 3.75. The van der Waals surface area contributed by atoms with Gasteiger partial charge >= 0.3 is 0 Å². The minimum absolute atomic E-state index is 0.0707. The quantitative estimate of drug-likeness (QED) is 0.596. The number of ketones is 1. The summed E-state index contributed by atoms with van der Waals surface area (Å²) in [5, 5.41) is 0. The van der Waals surface area contributed by atoms with Crippen molar-refractivity contribution in [2.75, 3.05) is 14.2 Å². The van der Waals surface area contributed by atoms with Crippen molar-refractivity contribution in [1.29, 1.82) is 0 Å². The first kappa shape index (κ1) is 14.8. The van der Waals surface area contributed by atoms with E-state index in [4.69, 9.17) is 9.47 Å². The van der Waals surface area contributed by atoms with Gasteiger partial charge in [0.2, 0.25) is 0 Å². The van der Waals surface area contributed by atoms with Crippen LogP contribution in [0.2, 0.25) is 0 Å². The second-order valence-electron chi connectivity index (χ2n) is 4.36. The molecule has 104 valence electrons. The summed E-state index contributed by atoms with van der Waals surface area (Å²) in [6.45, 7) is 1.94. The number of methoxy groups -OCH3 is 2. The number of hydrogen-bond acceptors (Lipinski definition) is 3. The van der Waals surface area contributed by atoms with Gasteiger partial charge in [0, 0.05) is 9.13 Å².